The molecule has 1 aromatic carbocycles. The lowest BCUT2D eigenvalue weighted by molar-refractivity contribution is -0.117. The van der Waals surface area contributed by atoms with Crippen molar-refractivity contribution in [3.63, 3.8) is 0 Å². The number of aryl methyl sites for hydroxylation is 1. The van der Waals surface area contributed by atoms with Gasteiger partial charge < -0.3 is 20.5 Å². The number of nitrogens with two attached hydrogens (primary N) is 1. The predicted octanol–water partition coefficient (Wildman–Crippen LogP) is 0.587. The monoisotopic (exact) mass is 238 g/mol. The molecule has 0 saturated carbocycles. The van der Waals surface area contributed by atoms with Crippen molar-refractivity contribution in [3.8, 4) is 11.5 Å². The highest BCUT2D eigenvalue weighted by molar-refractivity contribution is 5.75. The summed E-state index contributed by atoms with van der Waals surface area (Å²) in [6, 6.07) is 3.79. The number of amides is 1. The quantitative estimate of drug-likeness (QED) is 0.760. The fourth-order valence-electron chi connectivity index (χ4n) is 1.53. The number of benzene rings is 1. The van der Waals surface area contributed by atoms with Crippen LogP contribution in [0.25, 0.3) is 0 Å². The van der Waals surface area contributed by atoms with Crippen LogP contribution in [0.15, 0.2) is 12.1 Å². The molecule has 0 bridgehead atoms. The van der Waals surface area contributed by atoms with Gasteiger partial charge in [-0.2, -0.15) is 0 Å². The third-order valence-electron chi connectivity index (χ3n) is 2.46. The van der Waals surface area contributed by atoms with Gasteiger partial charge >= 0.3 is 0 Å². The second-order valence-electron chi connectivity index (χ2n) is 3.70. The molecule has 1 amide bonds. The summed E-state index contributed by atoms with van der Waals surface area (Å²) >= 11 is 0. The van der Waals surface area contributed by atoms with E-state index in [-0.39, 0.29) is 12.5 Å². The Morgan fingerprint density at radius 1 is 1.29 bits per heavy atom. The van der Waals surface area contributed by atoms with Crippen LogP contribution in [-0.4, -0.2) is 26.7 Å². The molecule has 0 heterocycles. The van der Waals surface area contributed by atoms with E-state index in [9.17, 15) is 4.79 Å². The van der Waals surface area contributed by atoms with Crippen LogP contribution in [0.5, 0.6) is 11.5 Å². The SMILES string of the molecule is COc1cc(C)c(CNCC(N)=O)cc1OC. The molecule has 5 nitrogen and oxygen atoms in total. The van der Waals surface area contributed by atoms with Crippen molar-refractivity contribution >= 4 is 5.91 Å². The summed E-state index contributed by atoms with van der Waals surface area (Å²) in [6.45, 7) is 2.70. The number of primary amides is 1. The van der Waals surface area contributed by atoms with E-state index in [1.165, 1.54) is 0 Å². The van der Waals surface area contributed by atoms with Crippen molar-refractivity contribution in [2.45, 2.75) is 13.5 Å². The second-order valence-corrected chi connectivity index (χ2v) is 3.70. The van der Waals surface area contributed by atoms with Crippen LogP contribution in [0.2, 0.25) is 0 Å². The van der Waals surface area contributed by atoms with Gasteiger partial charge in [-0.3, -0.25) is 4.79 Å². The molecule has 0 saturated heterocycles. The van der Waals surface area contributed by atoms with E-state index in [4.69, 9.17) is 15.2 Å². The number of rotatable bonds is 6. The van der Waals surface area contributed by atoms with Gasteiger partial charge in [0.05, 0.1) is 20.8 Å². The summed E-state index contributed by atoms with van der Waals surface area (Å²) < 4.78 is 10.4. The van der Waals surface area contributed by atoms with Crippen LogP contribution in [0.1, 0.15) is 11.1 Å². The van der Waals surface area contributed by atoms with Crippen molar-refractivity contribution in [2.24, 2.45) is 5.73 Å². The Morgan fingerprint density at radius 3 is 2.41 bits per heavy atom. The normalized spacial score (nSPS) is 10.1. The van der Waals surface area contributed by atoms with Gasteiger partial charge in [-0.1, -0.05) is 0 Å². The van der Waals surface area contributed by atoms with Gasteiger partial charge in [-0.25, -0.2) is 0 Å². The second kappa shape index (κ2) is 6.10. The standard InChI is InChI=1S/C12H18N2O3/c1-8-4-10(16-2)11(17-3)5-9(8)6-14-7-12(13)15/h4-5,14H,6-7H2,1-3H3,(H2,13,15). The third-order valence-corrected chi connectivity index (χ3v) is 2.46. The van der Waals surface area contributed by atoms with Crippen molar-refractivity contribution < 1.29 is 14.3 Å². The number of nitrogens with one attached hydrogen (secondary N) is 1. The fourth-order valence-corrected chi connectivity index (χ4v) is 1.53. The van der Waals surface area contributed by atoms with Gasteiger partial charge in [0, 0.05) is 6.54 Å². The smallest absolute Gasteiger partial charge is 0.231 e. The minimum atomic E-state index is -0.372. The molecule has 0 aromatic heterocycles. The van der Waals surface area contributed by atoms with Crippen LogP contribution in [0.4, 0.5) is 0 Å². The van der Waals surface area contributed by atoms with Gasteiger partial charge in [0.25, 0.3) is 0 Å². The Labute approximate surface area is 101 Å². The van der Waals surface area contributed by atoms with Crippen molar-refractivity contribution in [2.75, 3.05) is 20.8 Å². The first-order chi connectivity index (χ1) is 8.08. The third kappa shape index (κ3) is 3.64. The zero-order chi connectivity index (χ0) is 12.8. The van der Waals surface area contributed by atoms with Crippen molar-refractivity contribution in [3.05, 3.63) is 23.3 Å². The number of ether oxygens (including phenoxy) is 2. The molecule has 1 rings (SSSR count). The van der Waals surface area contributed by atoms with Gasteiger partial charge in [0.15, 0.2) is 11.5 Å². The van der Waals surface area contributed by atoms with E-state index in [0.29, 0.717) is 18.0 Å². The number of carbonyl (C=O) groups is 1. The van der Waals surface area contributed by atoms with Crippen LogP contribution in [0.3, 0.4) is 0 Å². The maximum absolute atomic E-state index is 10.6. The lowest BCUT2D eigenvalue weighted by Gasteiger charge is -2.12. The van der Waals surface area contributed by atoms with Crippen molar-refractivity contribution in [1.29, 1.82) is 0 Å². The molecule has 0 aliphatic rings. The molecule has 17 heavy (non-hydrogen) atoms. The van der Waals surface area contributed by atoms with Crippen LogP contribution in [-0.2, 0) is 11.3 Å². The molecule has 1 aromatic rings. The van der Waals surface area contributed by atoms with Gasteiger partial charge in [-0.05, 0) is 30.2 Å². The van der Waals surface area contributed by atoms with E-state index < -0.39 is 0 Å². The summed E-state index contributed by atoms with van der Waals surface area (Å²) in [5, 5.41) is 2.96. The Bertz CT molecular complexity index is 405. The lowest BCUT2D eigenvalue weighted by Crippen LogP contribution is -2.28. The first kappa shape index (κ1) is 13.3. The molecule has 0 aliphatic heterocycles. The maximum Gasteiger partial charge on any atom is 0.231 e. The molecule has 94 valence electrons. The van der Waals surface area contributed by atoms with E-state index in [1.807, 2.05) is 19.1 Å². The molecule has 0 atom stereocenters. The topological polar surface area (TPSA) is 73.6 Å². The highest BCUT2D eigenvalue weighted by atomic mass is 16.5. The molecule has 0 unspecified atom stereocenters. The Kier molecular flexibility index (Phi) is 4.78. The van der Waals surface area contributed by atoms with Crippen LogP contribution >= 0.6 is 0 Å². The molecule has 0 aliphatic carbocycles. The highest BCUT2D eigenvalue weighted by Crippen LogP contribution is 2.30. The molecular formula is C12H18N2O3. The Morgan fingerprint density at radius 2 is 1.88 bits per heavy atom. The lowest BCUT2D eigenvalue weighted by atomic mass is 10.1. The predicted molar refractivity (Wildman–Crippen MR) is 65.2 cm³/mol. The van der Waals surface area contributed by atoms with Gasteiger partial charge in [-0.15, -0.1) is 0 Å². The molecular weight excluding hydrogens is 220 g/mol. The van der Waals surface area contributed by atoms with E-state index >= 15 is 0 Å². The molecule has 5 heteroatoms. The minimum Gasteiger partial charge on any atom is -0.493 e. The molecule has 0 spiro atoms. The first-order valence-corrected chi connectivity index (χ1v) is 5.29. The molecule has 3 N–H and O–H groups in total. The average molecular weight is 238 g/mol. The highest BCUT2D eigenvalue weighted by Gasteiger charge is 2.08. The largest absolute Gasteiger partial charge is 0.493 e. The van der Waals surface area contributed by atoms with Gasteiger partial charge in [0.1, 0.15) is 0 Å². The first-order valence-electron chi connectivity index (χ1n) is 5.29. The summed E-state index contributed by atoms with van der Waals surface area (Å²) in [5.41, 5.74) is 7.16. The van der Waals surface area contributed by atoms with E-state index in [0.717, 1.165) is 11.1 Å². The Balaban J connectivity index is 2.81. The van der Waals surface area contributed by atoms with Gasteiger partial charge in [0.2, 0.25) is 5.91 Å². The van der Waals surface area contributed by atoms with Crippen LogP contribution in [0, 0.1) is 6.92 Å². The van der Waals surface area contributed by atoms with Crippen LogP contribution < -0.4 is 20.5 Å². The number of carbonyl (C=O) groups excluding carboxylic acids is 1. The summed E-state index contributed by atoms with van der Waals surface area (Å²) in [6.07, 6.45) is 0. The fraction of sp³-hybridized carbons (Fsp3) is 0.417. The summed E-state index contributed by atoms with van der Waals surface area (Å²) in [4.78, 5) is 10.6. The zero-order valence-electron chi connectivity index (χ0n) is 10.4. The van der Waals surface area contributed by atoms with Crippen molar-refractivity contribution in [1.82, 2.24) is 5.32 Å². The van der Waals surface area contributed by atoms with E-state index in [2.05, 4.69) is 5.32 Å². The summed E-state index contributed by atoms with van der Waals surface area (Å²) in [5.74, 6) is 1.00. The Hall–Kier alpha value is -1.75. The number of hydrogen-bond acceptors (Lipinski definition) is 4. The average Bonchev–Trinajstić information content (AvgIpc) is 2.30. The zero-order valence-corrected chi connectivity index (χ0v) is 10.4. The molecule has 0 radical (unpaired) electrons. The number of methoxy groups -OCH3 is 2. The summed E-state index contributed by atoms with van der Waals surface area (Å²) in [7, 11) is 3.19. The number of hydrogen-bond donors (Lipinski definition) is 2. The maximum atomic E-state index is 10.6. The minimum absolute atomic E-state index is 0.161. The van der Waals surface area contributed by atoms with E-state index in [1.54, 1.807) is 14.2 Å². The molecule has 0 fully saturated rings.